The fraction of sp³-hybridized carbons (Fsp3) is 0.650. The van der Waals surface area contributed by atoms with Crippen molar-refractivity contribution in [1.82, 2.24) is 0 Å². The molecule has 0 aliphatic carbocycles. The smallest absolute Gasteiger partial charge is 0.268 e. The molecule has 142 valence electrons. The van der Waals surface area contributed by atoms with Crippen LogP contribution in [-0.2, 0) is 14.4 Å². The van der Waals surface area contributed by atoms with E-state index in [9.17, 15) is 8.42 Å². The summed E-state index contributed by atoms with van der Waals surface area (Å²) in [6, 6.07) is 8.05. The highest BCUT2D eigenvalue weighted by Crippen LogP contribution is 2.19. The molecule has 1 aromatic rings. The van der Waals surface area contributed by atoms with Gasteiger partial charge in [0.1, 0.15) is 0 Å². The molecule has 25 heavy (non-hydrogen) atoms. The standard InChI is InChI=1S/C20H33NO3S/c1-5-7-8-9-10-11-16-25(22,23)24-21-18(4)20-14-12-19(13-15-20)17(3)6-2/h12-15,17H,5-11,16H2,1-4H3. The van der Waals surface area contributed by atoms with Gasteiger partial charge in [0.25, 0.3) is 0 Å². The van der Waals surface area contributed by atoms with Gasteiger partial charge in [0.2, 0.25) is 0 Å². The van der Waals surface area contributed by atoms with Crippen LogP contribution in [0.4, 0.5) is 0 Å². The lowest BCUT2D eigenvalue weighted by Gasteiger charge is -2.09. The summed E-state index contributed by atoms with van der Waals surface area (Å²) in [4.78, 5) is 0. The van der Waals surface area contributed by atoms with Crippen molar-refractivity contribution < 1.29 is 12.7 Å². The molecule has 0 spiro atoms. The molecule has 1 unspecified atom stereocenters. The Balaban J connectivity index is 2.49. The van der Waals surface area contributed by atoms with Gasteiger partial charge in [-0.1, -0.05) is 82.3 Å². The second-order valence-electron chi connectivity index (χ2n) is 6.71. The summed E-state index contributed by atoms with van der Waals surface area (Å²) >= 11 is 0. The minimum atomic E-state index is -3.59. The third-order valence-electron chi connectivity index (χ3n) is 4.55. The van der Waals surface area contributed by atoms with Crippen molar-refractivity contribution in [2.45, 2.75) is 78.6 Å². The van der Waals surface area contributed by atoms with Crippen molar-refractivity contribution in [2.24, 2.45) is 5.16 Å². The van der Waals surface area contributed by atoms with E-state index >= 15 is 0 Å². The van der Waals surface area contributed by atoms with E-state index in [2.05, 4.69) is 38.1 Å². The van der Waals surface area contributed by atoms with Crippen LogP contribution in [0.2, 0.25) is 0 Å². The zero-order chi connectivity index (χ0) is 18.7. The Labute approximate surface area is 153 Å². The van der Waals surface area contributed by atoms with E-state index < -0.39 is 10.1 Å². The van der Waals surface area contributed by atoms with Gasteiger partial charge in [-0.05, 0) is 36.8 Å². The second-order valence-corrected chi connectivity index (χ2v) is 8.38. The molecule has 4 nitrogen and oxygen atoms in total. The molecule has 0 aliphatic heterocycles. The van der Waals surface area contributed by atoms with Gasteiger partial charge in [0, 0.05) is 0 Å². The minimum absolute atomic E-state index is 0.0306. The minimum Gasteiger partial charge on any atom is -0.268 e. The average molecular weight is 368 g/mol. The van der Waals surface area contributed by atoms with Crippen LogP contribution in [0.1, 0.15) is 89.7 Å². The summed E-state index contributed by atoms with van der Waals surface area (Å²) < 4.78 is 28.6. The van der Waals surface area contributed by atoms with Gasteiger partial charge < -0.3 is 0 Å². The van der Waals surface area contributed by atoms with E-state index in [1.807, 2.05) is 12.1 Å². The topological polar surface area (TPSA) is 55.7 Å². The van der Waals surface area contributed by atoms with Crippen LogP contribution in [0.15, 0.2) is 29.4 Å². The molecular formula is C20H33NO3S. The van der Waals surface area contributed by atoms with Crippen LogP contribution in [0.5, 0.6) is 0 Å². The van der Waals surface area contributed by atoms with E-state index in [0.717, 1.165) is 24.8 Å². The number of nitrogens with zero attached hydrogens (tertiary/aromatic N) is 1. The molecule has 1 atom stereocenters. The molecular weight excluding hydrogens is 334 g/mol. The van der Waals surface area contributed by atoms with Crippen LogP contribution in [0.3, 0.4) is 0 Å². The number of benzene rings is 1. The fourth-order valence-electron chi connectivity index (χ4n) is 2.55. The Kier molecular flexibility index (Phi) is 9.79. The Hall–Kier alpha value is -1.36. The molecule has 1 aromatic carbocycles. The van der Waals surface area contributed by atoms with Crippen LogP contribution < -0.4 is 0 Å². The largest absolute Gasteiger partial charge is 0.328 e. The monoisotopic (exact) mass is 367 g/mol. The van der Waals surface area contributed by atoms with Crippen molar-refractivity contribution in [3.8, 4) is 0 Å². The van der Waals surface area contributed by atoms with Gasteiger partial charge >= 0.3 is 10.1 Å². The fourth-order valence-corrected chi connectivity index (χ4v) is 3.41. The molecule has 0 saturated heterocycles. The molecule has 0 bridgehead atoms. The van der Waals surface area contributed by atoms with E-state index in [4.69, 9.17) is 4.28 Å². The van der Waals surface area contributed by atoms with Crippen LogP contribution >= 0.6 is 0 Å². The molecule has 0 amide bonds. The zero-order valence-corrected chi connectivity index (χ0v) is 16.9. The summed E-state index contributed by atoms with van der Waals surface area (Å²) in [5, 5.41) is 3.82. The molecule has 0 heterocycles. The number of unbranched alkanes of at least 4 members (excludes halogenated alkanes) is 5. The van der Waals surface area contributed by atoms with Gasteiger partial charge in [-0.2, -0.15) is 8.42 Å². The van der Waals surface area contributed by atoms with E-state index in [1.54, 1.807) is 6.92 Å². The maximum Gasteiger partial charge on any atom is 0.328 e. The molecule has 0 fully saturated rings. The van der Waals surface area contributed by atoms with Crippen molar-refractivity contribution in [3.05, 3.63) is 35.4 Å². The summed E-state index contributed by atoms with van der Waals surface area (Å²) in [5.74, 6) is 0.545. The Morgan fingerprint density at radius 3 is 2.24 bits per heavy atom. The van der Waals surface area contributed by atoms with Gasteiger partial charge in [0.15, 0.2) is 0 Å². The number of hydrogen-bond acceptors (Lipinski definition) is 4. The third kappa shape index (κ3) is 8.52. The molecule has 5 heteroatoms. The Bertz CT molecular complexity index is 621. The molecule has 0 aliphatic rings. The van der Waals surface area contributed by atoms with Crippen molar-refractivity contribution in [2.75, 3.05) is 5.75 Å². The van der Waals surface area contributed by atoms with E-state index in [-0.39, 0.29) is 5.75 Å². The van der Waals surface area contributed by atoms with Gasteiger partial charge in [-0.25, -0.2) is 0 Å². The lowest BCUT2D eigenvalue weighted by Crippen LogP contribution is -2.09. The molecule has 0 N–H and O–H groups in total. The summed E-state index contributed by atoms with van der Waals surface area (Å²) in [6.45, 7) is 8.27. The van der Waals surface area contributed by atoms with Gasteiger partial charge in [-0.3, -0.25) is 4.28 Å². The normalized spacial score (nSPS) is 13.7. The predicted molar refractivity (Wildman–Crippen MR) is 106 cm³/mol. The first-order valence-corrected chi connectivity index (χ1v) is 11.0. The maximum atomic E-state index is 11.9. The number of oxime groups is 1. The zero-order valence-electron chi connectivity index (χ0n) is 16.1. The average Bonchev–Trinajstić information content (AvgIpc) is 2.62. The molecule has 1 rings (SSSR count). The van der Waals surface area contributed by atoms with E-state index in [1.165, 1.54) is 24.8 Å². The van der Waals surface area contributed by atoms with Crippen molar-refractivity contribution in [1.29, 1.82) is 0 Å². The highest BCUT2D eigenvalue weighted by molar-refractivity contribution is 7.86. The summed E-state index contributed by atoms with van der Waals surface area (Å²) in [5.41, 5.74) is 2.72. The van der Waals surface area contributed by atoms with Crippen molar-refractivity contribution >= 4 is 15.8 Å². The van der Waals surface area contributed by atoms with Gasteiger partial charge in [0.05, 0.1) is 11.5 Å². The number of hydrogen-bond donors (Lipinski definition) is 0. The first-order chi connectivity index (χ1) is 11.9. The maximum absolute atomic E-state index is 11.9. The molecule has 0 saturated carbocycles. The van der Waals surface area contributed by atoms with Crippen molar-refractivity contribution in [3.63, 3.8) is 0 Å². The highest BCUT2D eigenvalue weighted by Gasteiger charge is 2.12. The number of rotatable bonds is 12. The first kappa shape index (κ1) is 21.7. The summed E-state index contributed by atoms with van der Waals surface area (Å²) in [7, 11) is -3.59. The lowest BCUT2D eigenvalue weighted by molar-refractivity contribution is 0.337. The lowest BCUT2D eigenvalue weighted by atomic mass is 9.97. The highest BCUT2D eigenvalue weighted by atomic mass is 32.2. The Morgan fingerprint density at radius 2 is 1.64 bits per heavy atom. The van der Waals surface area contributed by atoms with E-state index in [0.29, 0.717) is 18.1 Å². The second kappa shape index (κ2) is 11.3. The first-order valence-electron chi connectivity index (χ1n) is 9.45. The summed E-state index contributed by atoms with van der Waals surface area (Å²) in [6.07, 6.45) is 7.28. The Morgan fingerprint density at radius 1 is 1.04 bits per heavy atom. The molecule has 0 aromatic heterocycles. The quantitative estimate of drug-likeness (QED) is 0.273. The van der Waals surface area contributed by atoms with Crippen LogP contribution in [-0.4, -0.2) is 19.9 Å². The van der Waals surface area contributed by atoms with Crippen LogP contribution in [0, 0.1) is 0 Å². The molecule has 0 radical (unpaired) electrons. The predicted octanol–water partition coefficient (Wildman–Crippen LogP) is 5.63. The SMILES string of the molecule is CCCCCCCCS(=O)(=O)ON=C(C)c1ccc(C(C)CC)cc1. The van der Waals surface area contributed by atoms with Crippen LogP contribution in [0.25, 0.3) is 0 Å². The third-order valence-corrected chi connectivity index (χ3v) is 5.64. The van der Waals surface area contributed by atoms with Gasteiger partial charge in [-0.15, -0.1) is 0 Å².